The highest BCUT2D eigenvalue weighted by Gasteiger charge is 2.08. The van der Waals surface area contributed by atoms with Crippen LogP contribution in [0.1, 0.15) is 10.4 Å². The van der Waals surface area contributed by atoms with Gasteiger partial charge in [0.05, 0.1) is 0 Å². The van der Waals surface area contributed by atoms with E-state index in [1.807, 2.05) is 0 Å². The van der Waals surface area contributed by atoms with E-state index in [4.69, 9.17) is 9.84 Å². The van der Waals surface area contributed by atoms with Crippen molar-refractivity contribution in [3.63, 3.8) is 0 Å². The molecule has 3 nitrogen and oxygen atoms in total. The van der Waals surface area contributed by atoms with E-state index in [0.29, 0.717) is 5.75 Å². The van der Waals surface area contributed by atoms with Gasteiger partial charge in [-0.05, 0) is 28.1 Å². The zero-order chi connectivity index (χ0) is 8.97. The van der Waals surface area contributed by atoms with Gasteiger partial charge in [-0.15, -0.1) is 0 Å². The number of hydrogen-bond acceptors (Lipinski definition) is 2. The molecule has 0 saturated heterocycles. The first kappa shape index (κ1) is 9.06. The number of carbonyl (C=O) groups is 1. The van der Waals surface area contributed by atoms with Crippen LogP contribution >= 0.6 is 15.9 Å². The second-order valence-electron chi connectivity index (χ2n) is 2.05. The van der Waals surface area contributed by atoms with E-state index >= 15 is 0 Å². The van der Waals surface area contributed by atoms with Crippen molar-refractivity contribution in [2.24, 2.45) is 0 Å². The number of carboxylic acids is 1. The molecule has 1 rings (SSSR count). The van der Waals surface area contributed by atoms with Crippen molar-refractivity contribution in [3.05, 3.63) is 29.8 Å². The summed E-state index contributed by atoms with van der Waals surface area (Å²) in [7, 11) is 0. The van der Waals surface area contributed by atoms with Gasteiger partial charge in [-0.1, -0.05) is 12.1 Å². The predicted molar refractivity (Wildman–Crippen MR) is 47.8 cm³/mol. The highest BCUT2D eigenvalue weighted by atomic mass is 79.9. The maximum absolute atomic E-state index is 10.6. The predicted octanol–water partition coefficient (Wildman–Crippen LogP) is 2.12. The zero-order valence-electron chi connectivity index (χ0n) is 6.16. The molecule has 1 aromatic rings. The first-order valence-corrected chi connectivity index (χ1v) is 4.39. The van der Waals surface area contributed by atoms with Gasteiger partial charge in [0, 0.05) is 0 Å². The molecule has 0 aliphatic heterocycles. The molecule has 0 spiro atoms. The monoisotopic (exact) mass is 230 g/mol. The average molecular weight is 231 g/mol. The van der Waals surface area contributed by atoms with Gasteiger partial charge in [-0.3, -0.25) is 0 Å². The van der Waals surface area contributed by atoms with Gasteiger partial charge >= 0.3 is 5.97 Å². The van der Waals surface area contributed by atoms with Gasteiger partial charge in [0.2, 0.25) is 0 Å². The van der Waals surface area contributed by atoms with Gasteiger partial charge in [0.25, 0.3) is 0 Å². The summed E-state index contributed by atoms with van der Waals surface area (Å²) in [5.74, 6) is -0.603. The number of hydrogen-bond donors (Lipinski definition) is 1. The van der Waals surface area contributed by atoms with Crippen molar-refractivity contribution < 1.29 is 14.6 Å². The third-order valence-corrected chi connectivity index (χ3v) is 1.56. The Balaban J connectivity index is 3.00. The molecule has 0 bridgehead atoms. The molecule has 0 saturated carbocycles. The van der Waals surface area contributed by atoms with Gasteiger partial charge < -0.3 is 9.84 Å². The highest BCUT2D eigenvalue weighted by molar-refractivity contribution is 9.09. The summed E-state index contributed by atoms with van der Waals surface area (Å²) in [5, 5.41) is 8.70. The Morgan fingerprint density at radius 1 is 1.50 bits per heavy atom. The Kier molecular flexibility index (Phi) is 3.10. The fraction of sp³-hybridized carbons (Fsp3) is 0.125. The fourth-order valence-electron chi connectivity index (χ4n) is 0.828. The van der Waals surface area contributed by atoms with Gasteiger partial charge in [-0.2, -0.15) is 0 Å². The number of halogens is 1. The standard InChI is InChI=1S/C8H7BrO3/c9-5-12-7-4-2-1-3-6(7)8(10)11/h1-4H,5H2,(H,10,11). The average Bonchev–Trinajstić information content (AvgIpc) is 2.05. The molecular formula is C8H7BrO3. The van der Waals surface area contributed by atoms with E-state index in [0.717, 1.165) is 0 Å². The molecule has 0 aromatic heterocycles. The number of benzene rings is 1. The topological polar surface area (TPSA) is 46.5 Å². The third-order valence-electron chi connectivity index (χ3n) is 1.33. The Morgan fingerprint density at radius 2 is 2.17 bits per heavy atom. The number of para-hydroxylation sites is 1. The molecule has 0 radical (unpaired) electrons. The number of ether oxygens (including phenoxy) is 1. The van der Waals surface area contributed by atoms with Crippen molar-refractivity contribution in [1.82, 2.24) is 0 Å². The van der Waals surface area contributed by atoms with E-state index in [2.05, 4.69) is 15.9 Å². The van der Waals surface area contributed by atoms with Crippen LogP contribution in [0.3, 0.4) is 0 Å². The van der Waals surface area contributed by atoms with E-state index < -0.39 is 5.97 Å². The number of rotatable bonds is 3. The minimum absolute atomic E-state index is 0.178. The molecule has 0 atom stereocenters. The SMILES string of the molecule is O=C(O)c1ccccc1OCBr. The number of carboxylic acid groups (broad SMARTS) is 1. The lowest BCUT2D eigenvalue weighted by atomic mass is 10.2. The first-order valence-electron chi connectivity index (χ1n) is 3.27. The molecule has 1 N–H and O–H groups in total. The van der Waals surface area contributed by atoms with E-state index in [-0.39, 0.29) is 11.1 Å². The van der Waals surface area contributed by atoms with E-state index in [1.165, 1.54) is 6.07 Å². The van der Waals surface area contributed by atoms with Gasteiger partial charge in [0.15, 0.2) is 0 Å². The quantitative estimate of drug-likeness (QED) is 0.810. The summed E-state index contributed by atoms with van der Waals surface area (Å²) in [6.07, 6.45) is 0. The molecule has 64 valence electrons. The van der Waals surface area contributed by atoms with Crippen molar-refractivity contribution in [2.75, 3.05) is 5.52 Å². The first-order chi connectivity index (χ1) is 5.75. The van der Waals surface area contributed by atoms with Crippen LogP contribution < -0.4 is 4.74 Å². The number of aromatic carboxylic acids is 1. The summed E-state index contributed by atoms with van der Waals surface area (Å²) in [4.78, 5) is 10.6. The van der Waals surface area contributed by atoms with Crippen molar-refractivity contribution >= 4 is 21.9 Å². The van der Waals surface area contributed by atoms with Crippen molar-refractivity contribution in [1.29, 1.82) is 0 Å². The Bertz CT molecular complexity index is 285. The molecule has 0 fully saturated rings. The van der Waals surface area contributed by atoms with Gasteiger partial charge in [-0.25, -0.2) is 4.79 Å². The second-order valence-corrected chi connectivity index (χ2v) is 2.51. The minimum Gasteiger partial charge on any atom is -0.482 e. The van der Waals surface area contributed by atoms with Crippen LogP contribution in [0.2, 0.25) is 0 Å². The lowest BCUT2D eigenvalue weighted by molar-refractivity contribution is 0.0693. The zero-order valence-corrected chi connectivity index (χ0v) is 7.74. The summed E-state index contributed by atoms with van der Waals surface area (Å²) in [6, 6.07) is 6.50. The van der Waals surface area contributed by atoms with E-state index in [1.54, 1.807) is 18.2 Å². The van der Waals surface area contributed by atoms with Crippen LogP contribution in [0.15, 0.2) is 24.3 Å². The summed E-state index contributed by atoms with van der Waals surface area (Å²) < 4.78 is 5.03. The molecule has 0 aliphatic carbocycles. The Labute approximate surface area is 78.1 Å². The molecule has 4 heteroatoms. The lowest BCUT2D eigenvalue weighted by Crippen LogP contribution is -2.00. The van der Waals surface area contributed by atoms with Crippen LogP contribution in [0, 0.1) is 0 Å². The molecule has 0 aliphatic rings. The minimum atomic E-state index is -0.980. The van der Waals surface area contributed by atoms with Crippen LogP contribution in [0.5, 0.6) is 5.75 Å². The van der Waals surface area contributed by atoms with Crippen molar-refractivity contribution in [2.45, 2.75) is 0 Å². The van der Waals surface area contributed by atoms with Gasteiger partial charge in [0.1, 0.15) is 16.8 Å². The smallest absolute Gasteiger partial charge is 0.339 e. The van der Waals surface area contributed by atoms with E-state index in [9.17, 15) is 4.79 Å². The fourth-order valence-corrected chi connectivity index (χ4v) is 1.07. The molecule has 0 heterocycles. The van der Waals surface area contributed by atoms with Crippen LogP contribution in [-0.4, -0.2) is 16.6 Å². The van der Waals surface area contributed by atoms with Crippen LogP contribution in [0.25, 0.3) is 0 Å². The molecule has 12 heavy (non-hydrogen) atoms. The normalized spacial score (nSPS) is 9.42. The molecule has 0 amide bonds. The third kappa shape index (κ3) is 1.98. The molecule has 1 aromatic carbocycles. The second kappa shape index (κ2) is 4.11. The lowest BCUT2D eigenvalue weighted by Gasteiger charge is -2.04. The number of alkyl halides is 1. The highest BCUT2D eigenvalue weighted by Crippen LogP contribution is 2.17. The Morgan fingerprint density at radius 3 is 2.75 bits per heavy atom. The maximum Gasteiger partial charge on any atom is 0.339 e. The van der Waals surface area contributed by atoms with Crippen molar-refractivity contribution in [3.8, 4) is 5.75 Å². The Hall–Kier alpha value is -1.03. The van der Waals surface area contributed by atoms with Crippen LogP contribution in [-0.2, 0) is 0 Å². The molecular weight excluding hydrogens is 224 g/mol. The maximum atomic E-state index is 10.6. The van der Waals surface area contributed by atoms with Crippen LogP contribution in [0.4, 0.5) is 0 Å². The molecule has 0 unspecified atom stereocenters. The summed E-state index contributed by atoms with van der Waals surface area (Å²) in [6.45, 7) is 0. The largest absolute Gasteiger partial charge is 0.482 e. The summed E-state index contributed by atoms with van der Waals surface area (Å²) in [5.41, 5.74) is 0.467. The summed E-state index contributed by atoms with van der Waals surface area (Å²) >= 11 is 3.05.